The standard InChI is InChI=1S/C20H23NO6/c1-10-14(22)6-7-15-16(27-15)9-26-12-4-2-11(3-5-12)8-13-19(24)17(18(10)23)20(25)21-13/h2-5,10,13-16,22-23H,6-9H2,1H3,(H,21,25)/t10-,13-,14?,15-,16-/m1/s1. The van der Waals surface area contributed by atoms with Gasteiger partial charge in [0, 0.05) is 12.3 Å². The van der Waals surface area contributed by atoms with Crippen molar-refractivity contribution in [3.8, 4) is 5.75 Å². The molecule has 0 aromatic heterocycles. The lowest BCUT2D eigenvalue weighted by atomic mass is 9.92. The van der Waals surface area contributed by atoms with E-state index in [1.54, 1.807) is 6.92 Å². The topological polar surface area (TPSA) is 108 Å². The molecule has 0 aliphatic carbocycles. The zero-order valence-corrected chi connectivity index (χ0v) is 15.1. The first-order valence-electron chi connectivity index (χ1n) is 9.27. The monoisotopic (exact) mass is 373 g/mol. The number of amides is 1. The lowest BCUT2D eigenvalue weighted by molar-refractivity contribution is -0.117. The van der Waals surface area contributed by atoms with Gasteiger partial charge in [0.15, 0.2) is 5.78 Å². The highest BCUT2D eigenvalue weighted by molar-refractivity contribution is 6.27. The summed E-state index contributed by atoms with van der Waals surface area (Å²) >= 11 is 0. The first-order valence-corrected chi connectivity index (χ1v) is 9.27. The normalized spacial score (nSPS) is 33.9. The molecule has 5 rings (SSSR count). The van der Waals surface area contributed by atoms with Crippen LogP contribution in [-0.4, -0.2) is 52.9 Å². The van der Waals surface area contributed by atoms with Crippen molar-refractivity contribution in [2.75, 3.05) is 6.61 Å². The highest BCUT2D eigenvalue weighted by Gasteiger charge is 2.42. The number of carbonyl (C=O) groups excluding carboxylic acids is 2. The van der Waals surface area contributed by atoms with Gasteiger partial charge in [0.25, 0.3) is 5.91 Å². The number of carbonyl (C=O) groups is 2. The fourth-order valence-corrected chi connectivity index (χ4v) is 3.68. The molecule has 0 spiro atoms. The molecule has 2 fully saturated rings. The summed E-state index contributed by atoms with van der Waals surface area (Å²) in [6.45, 7) is 2.06. The SMILES string of the molecule is C[C@H]1C(O)=C2C(=O)N[C@H](Cc3ccc(cc3)OC[C@H]3O[C@@H]3CCC1O)C2=O. The van der Waals surface area contributed by atoms with Crippen LogP contribution in [0.15, 0.2) is 35.6 Å². The number of epoxide rings is 1. The molecule has 4 aliphatic rings. The van der Waals surface area contributed by atoms with Gasteiger partial charge < -0.3 is 25.0 Å². The minimum absolute atomic E-state index is 0.00168. The van der Waals surface area contributed by atoms with Crippen molar-refractivity contribution >= 4 is 11.7 Å². The largest absolute Gasteiger partial charge is 0.511 e. The molecule has 1 aromatic rings. The molecular weight excluding hydrogens is 350 g/mol. The second kappa shape index (κ2) is 6.98. The number of aliphatic hydroxyl groups excluding tert-OH is 2. The predicted molar refractivity (Wildman–Crippen MR) is 95.3 cm³/mol. The van der Waals surface area contributed by atoms with Crippen LogP contribution in [0.2, 0.25) is 0 Å². The quantitative estimate of drug-likeness (QED) is 0.463. The number of ether oxygens (including phenoxy) is 2. The van der Waals surface area contributed by atoms with Gasteiger partial charge >= 0.3 is 0 Å². The summed E-state index contributed by atoms with van der Waals surface area (Å²) < 4.78 is 11.3. The summed E-state index contributed by atoms with van der Waals surface area (Å²) in [5, 5.41) is 23.5. The Hall–Kier alpha value is -2.38. The molecule has 4 bridgehead atoms. The molecule has 7 heteroatoms. The minimum Gasteiger partial charge on any atom is -0.511 e. The third kappa shape index (κ3) is 3.57. The van der Waals surface area contributed by atoms with Crippen LogP contribution >= 0.6 is 0 Å². The van der Waals surface area contributed by atoms with Gasteiger partial charge in [0.1, 0.15) is 29.8 Å². The van der Waals surface area contributed by atoms with Gasteiger partial charge in [-0.2, -0.15) is 0 Å². The molecule has 2 saturated heterocycles. The molecular formula is C20H23NO6. The Morgan fingerprint density at radius 1 is 1.11 bits per heavy atom. The van der Waals surface area contributed by atoms with E-state index in [1.165, 1.54) is 0 Å². The van der Waals surface area contributed by atoms with Crippen molar-refractivity contribution in [1.29, 1.82) is 0 Å². The molecule has 0 radical (unpaired) electrons. The molecule has 1 unspecified atom stereocenters. The van der Waals surface area contributed by atoms with Crippen LogP contribution in [0, 0.1) is 5.92 Å². The molecule has 144 valence electrons. The number of hydrogen-bond donors (Lipinski definition) is 3. The number of Topliss-reactive ketones (excluding diaryl/α,β-unsaturated/α-hetero) is 1. The lowest BCUT2D eigenvalue weighted by Crippen LogP contribution is -2.31. The second-order valence-electron chi connectivity index (χ2n) is 7.46. The van der Waals surface area contributed by atoms with E-state index in [4.69, 9.17) is 9.47 Å². The molecule has 1 amide bonds. The van der Waals surface area contributed by atoms with Crippen molar-refractivity contribution in [2.24, 2.45) is 5.92 Å². The van der Waals surface area contributed by atoms with E-state index in [2.05, 4.69) is 5.32 Å². The maximum atomic E-state index is 12.7. The first kappa shape index (κ1) is 18.0. The van der Waals surface area contributed by atoms with Crippen molar-refractivity contribution in [3.63, 3.8) is 0 Å². The molecule has 7 nitrogen and oxygen atoms in total. The number of fused-ring (bicyclic) bond motifs is 7. The first-order chi connectivity index (χ1) is 12.9. The third-order valence-corrected chi connectivity index (χ3v) is 5.57. The summed E-state index contributed by atoms with van der Waals surface area (Å²) in [4.78, 5) is 24.9. The van der Waals surface area contributed by atoms with Gasteiger partial charge in [-0.05, 0) is 30.5 Å². The lowest BCUT2D eigenvalue weighted by Gasteiger charge is -2.18. The maximum absolute atomic E-state index is 12.7. The van der Waals surface area contributed by atoms with Crippen molar-refractivity contribution in [2.45, 2.75) is 50.5 Å². The van der Waals surface area contributed by atoms with Crippen LogP contribution in [0.1, 0.15) is 25.3 Å². The van der Waals surface area contributed by atoms with Gasteiger partial charge in [0.05, 0.1) is 18.2 Å². The van der Waals surface area contributed by atoms with Crippen LogP contribution < -0.4 is 10.1 Å². The second-order valence-corrected chi connectivity index (χ2v) is 7.46. The number of hydrogen-bond acceptors (Lipinski definition) is 6. The number of aliphatic hydroxyl groups is 2. The van der Waals surface area contributed by atoms with Crippen LogP contribution in [0.4, 0.5) is 0 Å². The Morgan fingerprint density at radius 2 is 1.85 bits per heavy atom. The third-order valence-electron chi connectivity index (χ3n) is 5.57. The van der Waals surface area contributed by atoms with E-state index < -0.39 is 29.8 Å². The van der Waals surface area contributed by atoms with Crippen LogP contribution in [0.3, 0.4) is 0 Å². The van der Waals surface area contributed by atoms with Crippen molar-refractivity contribution in [3.05, 3.63) is 41.2 Å². The molecule has 5 atom stereocenters. The average molecular weight is 373 g/mol. The highest BCUT2D eigenvalue weighted by atomic mass is 16.6. The Balaban J connectivity index is 1.63. The Morgan fingerprint density at radius 3 is 2.59 bits per heavy atom. The number of benzene rings is 1. The molecule has 4 heterocycles. The zero-order chi connectivity index (χ0) is 19.1. The zero-order valence-electron chi connectivity index (χ0n) is 15.1. The summed E-state index contributed by atoms with van der Waals surface area (Å²) in [7, 11) is 0. The van der Waals surface area contributed by atoms with Gasteiger partial charge in [-0.1, -0.05) is 19.1 Å². The van der Waals surface area contributed by atoms with Crippen molar-refractivity contribution in [1.82, 2.24) is 5.32 Å². The van der Waals surface area contributed by atoms with E-state index in [9.17, 15) is 19.8 Å². The van der Waals surface area contributed by atoms with Gasteiger partial charge in [-0.15, -0.1) is 0 Å². The number of ketones is 1. The van der Waals surface area contributed by atoms with E-state index in [0.717, 1.165) is 5.56 Å². The molecule has 27 heavy (non-hydrogen) atoms. The predicted octanol–water partition coefficient (Wildman–Crippen LogP) is 1.05. The van der Waals surface area contributed by atoms with Gasteiger partial charge in [0.2, 0.25) is 0 Å². The fourth-order valence-electron chi connectivity index (χ4n) is 3.68. The highest BCUT2D eigenvalue weighted by Crippen LogP contribution is 2.31. The summed E-state index contributed by atoms with van der Waals surface area (Å²) in [5.41, 5.74) is 0.635. The fraction of sp³-hybridized carbons (Fsp3) is 0.500. The Labute approximate surface area is 157 Å². The van der Waals surface area contributed by atoms with E-state index in [1.807, 2.05) is 24.3 Å². The summed E-state index contributed by atoms with van der Waals surface area (Å²) in [6.07, 6.45) is 0.473. The van der Waals surface area contributed by atoms with Crippen LogP contribution in [0.25, 0.3) is 0 Å². The molecule has 0 saturated carbocycles. The van der Waals surface area contributed by atoms with Gasteiger partial charge in [-0.25, -0.2) is 0 Å². The summed E-state index contributed by atoms with van der Waals surface area (Å²) in [6, 6.07) is 6.64. The van der Waals surface area contributed by atoms with Crippen LogP contribution in [0.5, 0.6) is 5.75 Å². The molecule has 3 N–H and O–H groups in total. The number of nitrogens with one attached hydrogen (secondary N) is 1. The average Bonchev–Trinajstić information content (AvgIpc) is 3.35. The Kier molecular flexibility index (Phi) is 4.65. The van der Waals surface area contributed by atoms with E-state index >= 15 is 0 Å². The van der Waals surface area contributed by atoms with Gasteiger partial charge in [-0.3, -0.25) is 9.59 Å². The number of rotatable bonds is 0. The smallest absolute Gasteiger partial charge is 0.259 e. The summed E-state index contributed by atoms with van der Waals surface area (Å²) in [5.74, 6) is -1.37. The van der Waals surface area contributed by atoms with E-state index in [-0.39, 0.29) is 23.5 Å². The Bertz CT molecular complexity index is 786. The molecule has 1 aromatic carbocycles. The minimum atomic E-state index is -0.873. The van der Waals surface area contributed by atoms with Crippen molar-refractivity contribution < 1.29 is 29.3 Å². The molecule has 4 aliphatic heterocycles. The van der Waals surface area contributed by atoms with E-state index in [0.29, 0.717) is 31.6 Å². The maximum Gasteiger partial charge on any atom is 0.259 e. The van der Waals surface area contributed by atoms with Crippen LogP contribution in [-0.2, 0) is 20.7 Å².